The zero-order chi connectivity index (χ0) is 10.3. The van der Waals surface area contributed by atoms with Crippen molar-refractivity contribution in [2.45, 2.75) is 25.2 Å². The van der Waals surface area contributed by atoms with Crippen LogP contribution in [0.2, 0.25) is 0 Å². The molecule has 1 aliphatic rings. The average Bonchev–Trinajstić information content (AvgIpc) is 2.53. The molecule has 2 aromatic rings. The number of nitrogens with one attached hydrogen (secondary N) is 1. The van der Waals surface area contributed by atoms with E-state index in [2.05, 4.69) is 9.97 Å². The number of carbonyl (C=O) groups is 1. The number of H-pyrrole nitrogens is 1. The number of hydrogen-bond donors (Lipinski definition) is 1. The van der Waals surface area contributed by atoms with Crippen molar-refractivity contribution < 1.29 is 4.79 Å². The zero-order valence-electron chi connectivity index (χ0n) is 8.36. The van der Waals surface area contributed by atoms with E-state index >= 15 is 0 Å². The van der Waals surface area contributed by atoms with Crippen LogP contribution in [-0.4, -0.2) is 16.3 Å². The first-order chi connectivity index (χ1) is 7.40. The number of aldehydes is 1. The molecule has 1 saturated carbocycles. The Kier molecular flexibility index (Phi) is 1.84. The first kappa shape index (κ1) is 8.65. The molecule has 1 aliphatic carbocycles. The molecule has 3 heteroatoms. The summed E-state index contributed by atoms with van der Waals surface area (Å²) in [5, 5.41) is 0.953. The molecular formula is C12H12N2O. The maximum Gasteiger partial charge on any atom is 0.152 e. The van der Waals surface area contributed by atoms with Gasteiger partial charge in [-0.3, -0.25) is 4.79 Å². The largest absolute Gasteiger partial charge is 0.342 e. The average molecular weight is 200 g/mol. The maximum atomic E-state index is 11.1. The molecule has 0 atom stereocenters. The molecular weight excluding hydrogens is 188 g/mol. The van der Waals surface area contributed by atoms with Crippen molar-refractivity contribution in [3.8, 4) is 0 Å². The zero-order valence-corrected chi connectivity index (χ0v) is 8.36. The lowest BCUT2D eigenvalue weighted by atomic mass is 9.81. The summed E-state index contributed by atoms with van der Waals surface area (Å²) in [6.45, 7) is 0. The number of nitrogens with zero attached hydrogens (tertiary/aromatic N) is 1. The van der Waals surface area contributed by atoms with Gasteiger partial charge in [-0.15, -0.1) is 0 Å². The van der Waals surface area contributed by atoms with Crippen LogP contribution in [0, 0.1) is 0 Å². The van der Waals surface area contributed by atoms with Crippen LogP contribution in [0.25, 0.3) is 11.0 Å². The molecule has 3 nitrogen and oxygen atoms in total. The Hall–Kier alpha value is -1.64. The highest BCUT2D eigenvalue weighted by Gasteiger charge is 2.25. The lowest BCUT2D eigenvalue weighted by molar-refractivity contribution is 0.112. The van der Waals surface area contributed by atoms with Gasteiger partial charge in [-0.05, 0) is 30.9 Å². The Morgan fingerprint density at radius 2 is 2.33 bits per heavy atom. The van der Waals surface area contributed by atoms with E-state index in [1.165, 1.54) is 19.3 Å². The van der Waals surface area contributed by atoms with Crippen LogP contribution in [0.4, 0.5) is 0 Å². The molecule has 1 N–H and O–H groups in total. The molecule has 0 radical (unpaired) electrons. The maximum absolute atomic E-state index is 11.1. The Labute approximate surface area is 87.5 Å². The molecule has 76 valence electrons. The van der Waals surface area contributed by atoms with E-state index in [-0.39, 0.29) is 0 Å². The molecule has 2 heterocycles. The van der Waals surface area contributed by atoms with E-state index in [4.69, 9.17) is 0 Å². The summed E-state index contributed by atoms with van der Waals surface area (Å²) in [4.78, 5) is 18.6. The minimum absolute atomic E-state index is 0.541. The SMILES string of the molecule is O=Cc1c(C2CCC2)[nH]c2ncccc12. The summed E-state index contributed by atoms with van der Waals surface area (Å²) in [5.41, 5.74) is 2.73. The van der Waals surface area contributed by atoms with Gasteiger partial charge in [0.25, 0.3) is 0 Å². The number of hydrogen-bond acceptors (Lipinski definition) is 2. The third-order valence-electron chi connectivity index (χ3n) is 3.27. The molecule has 1 fully saturated rings. The van der Waals surface area contributed by atoms with Gasteiger partial charge in [0, 0.05) is 22.8 Å². The van der Waals surface area contributed by atoms with Gasteiger partial charge < -0.3 is 4.98 Å². The summed E-state index contributed by atoms with van der Waals surface area (Å²) in [7, 11) is 0. The molecule has 0 unspecified atom stereocenters. The van der Waals surface area contributed by atoms with E-state index in [1.54, 1.807) is 6.20 Å². The van der Waals surface area contributed by atoms with Crippen LogP contribution in [0.15, 0.2) is 18.3 Å². The summed E-state index contributed by atoms with van der Waals surface area (Å²) in [6.07, 6.45) is 6.35. The predicted octanol–water partition coefficient (Wildman–Crippen LogP) is 2.64. The second-order valence-electron chi connectivity index (χ2n) is 4.10. The third-order valence-corrected chi connectivity index (χ3v) is 3.27. The summed E-state index contributed by atoms with van der Waals surface area (Å²) >= 11 is 0. The lowest BCUT2D eigenvalue weighted by Gasteiger charge is -2.24. The lowest BCUT2D eigenvalue weighted by Crippen LogP contribution is -2.10. The number of aromatic nitrogens is 2. The second kappa shape index (κ2) is 3.19. The molecule has 15 heavy (non-hydrogen) atoms. The number of carbonyl (C=O) groups excluding carboxylic acids is 1. The van der Waals surface area contributed by atoms with Crippen molar-refractivity contribution in [1.29, 1.82) is 0 Å². The van der Waals surface area contributed by atoms with Gasteiger partial charge in [0.15, 0.2) is 6.29 Å². The first-order valence-electron chi connectivity index (χ1n) is 5.32. The highest BCUT2D eigenvalue weighted by atomic mass is 16.1. The van der Waals surface area contributed by atoms with E-state index in [0.717, 1.165) is 28.6 Å². The van der Waals surface area contributed by atoms with Crippen LogP contribution in [0.3, 0.4) is 0 Å². The summed E-state index contributed by atoms with van der Waals surface area (Å²) in [6, 6.07) is 3.82. The Morgan fingerprint density at radius 1 is 1.47 bits per heavy atom. The molecule has 0 spiro atoms. The van der Waals surface area contributed by atoms with Gasteiger partial charge in [-0.25, -0.2) is 4.98 Å². The van der Waals surface area contributed by atoms with E-state index in [0.29, 0.717) is 5.92 Å². The molecule has 3 rings (SSSR count). The van der Waals surface area contributed by atoms with Crippen molar-refractivity contribution in [3.05, 3.63) is 29.6 Å². The summed E-state index contributed by atoms with van der Waals surface area (Å²) in [5.74, 6) is 0.541. The molecule has 0 saturated heterocycles. The quantitative estimate of drug-likeness (QED) is 0.757. The highest BCUT2D eigenvalue weighted by Crippen LogP contribution is 2.38. The van der Waals surface area contributed by atoms with Gasteiger partial charge >= 0.3 is 0 Å². The highest BCUT2D eigenvalue weighted by molar-refractivity contribution is 5.97. The van der Waals surface area contributed by atoms with Crippen molar-refractivity contribution in [1.82, 2.24) is 9.97 Å². The van der Waals surface area contributed by atoms with Crippen LogP contribution in [0.1, 0.15) is 41.2 Å². The minimum Gasteiger partial charge on any atom is -0.342 e. The Morgan fingerprint density at radius 3 is 3.00 bits per heavy atom. The molecule has 0 aliphatic heterocycles. The topological polar surface area (TPSA) is 45.8 Å². The monoisotopic (exact) mass is 200 g/mol. The van der Waals surface area contributed by atoms with Crippen LogP contribution >= 0.6 is 0 Å². The molecule has 2 aromatic heterocycles. The van der Waals surface area contributed by atoms with Crippen molar-refractivity contribution in [3.63, 3.8) is 0 Å². The number of pyridine rings is 1. The fourth-order valence-electron chi connectivity index (χ4n) is 2.21. The van der Waals surface area contributed by atoms with Gasteiger partial charge in [-0.1, -0.05) is 6.42 Å². The van der Waals surface area contributed by atoms with Crippen molar-refractivity contribution in [2.75, 3.05) is 0 Å². The fraction of sp³-hybridized carbons (Fsp3) is 0.333. The molecule has 0 bridgehead atoms. The number of aromatic amines is 1. The normalized spacial score (nSPS) is 16.5. The van der Waals surface area contributed by atoms with E-state index in [9.17, 15) is 4.79 Å². The van der Waals surface area contributed by atoms with Crippen LogP contribution < -0.4 is 0 Å². The van der Waals surface area contributed by atoms with Gasteiger partial charge in [-0.2, -0.15) is 0 Å². The first-order valence-corrected chi connectivity index (χ1v) is 5.32. The number of fused-ring (bicyclic) bond motifs is 1. The van der Waals surface area contributed by atoms with Gasteiger partial charge in [0.05, 0.1) is 0 Å². The van der Waals surface area contributed by atoms with Gasteiger partial charge in [0.2, 0.25) is 0 Å². The van der Waals surface area contributed by atoms with Crippen molar-refractivity contribution >= 4 is 17.3 Å². The van der Waals surface area contributed by atoms with E-state index < -0.39 is 0 Å². The second-order valence-corrected chi connectivity index (χ2v) is 4.10. The molecule has 0 aromatic carbocycles. The van der Waals surface area contributed by atoms with Gasteiger partial charge in [0.1, 0.15) is 5.65 Å². The predicted molar refractivity (Wildman–Crippen MR) is 58.1 cm³/mol. The smallest absolute Gasteiger partial charge is 0.152 e. The number of rotatable bonds is 2. The third kappa shape index (κ3) is 1.19. The molecule has 0 amide bonds. The van der Waals surface area contributed by atoms with Crippen LogP contribution in [-0.2, 0) is 0 Å². The fourth-order valence-corrected chi connectivity index (χ4v) is 2.21. The van der Waals surface area contributed by atoms with E-state index in [1.807, 2.05) is 12.1 Å². The Bertz CT molecular complexity index is 511. The van der Waals surface area contributed by atoms with Crippen molar-refractivity contribution in [2.24, 2.45) is 0 Å². The minimum atomic E-state index is 0.541. The summed E-state index contributed by atoms with van der Waals surface area (Å²) < 4.78 is 0. The Balaban J connectivity index is 2.23. The van der Waals surface area contributed by atoms with Crippen LogP contribution in [0.5, 0.6) is 0 Å². The standard InChI is InChI=1S/C12H12N2O/c15-7-10-9-5-2-6-13-12(9)14-11(10)8-3-1-4-8/h2,5-8H,1,3-4H2,(H,13,14).